The van der Waals surface area contributed by atoms with Crippen molar-refractivity contribution in [2.75, 3.05) is 0 Å². The molecule has 0 fully saturated rings. The summed E-state index contributed by atoms with van der Waals surface area (Å²) in [7, 11) is 0. The summed E-state index contributed by atoms with van der Waals surface area (Å²) >= 11 is 0. The smallest absolute Gasteiger partial charge is 0.160 e. The third kappa shape index (κ3) is 4.81. The zero-order valence-electron chi connectivity index (χ0n) is 23.9. The van der Waals surface area contributed by atoms with Gasteiger partial charge in [-0.25, -0.2) is 15.0 Å². The van der Waals surface area contributed by atoms with Gasteiger partial charge in [0.15, 0.2) is 5.82 Å². The molecular weight excluding hydrogens is 534 g/mol. The Kier molecular flexibility index (Phi) is 6.47. The normalized spacial score (nSPS) is 11.2. The molecule has 0 saturated heterocycles. The van der Waals surface area contributed by atoms with Crippen LogP contribution in [-0.4, -0.2) is 15.0 Å². The Hall–Kier alpha value is -5.93. The van der Waals surface area contributed by atoms with Gasteiger partial charge < -0.3 is 0 Å². The lowest BCUT2D eigenvalue weighted by Gasteiger charge is -2.14. The number of pyridine rings is 1. The van der Waals surface area contributed by atoms with Crippen LogP contribution < -0.4 is 0 Å². The van der Waals surface area contributed by atoms with Crippen LogP contribution in [0.2, 0.25) is 0 Å². The van der Waals surface area contributed by atoms with E-state index in [2.05, 4.69) is 121 Å². The molecule has 6 aromatic carbocycles. The Morgan fingerprint density at radius 2 is 0.841 bits per heavy atom. The summed E-state index contributed by atoms with van der Waals surface area (Å²) in [6, 6.07) is 56.7. The molecule has 0 N–H and O–H groups in total. The highest BCUT2D eigenvalue weighted by Gasteiger charge is 2.14. The Bertz CT molecular complexity index is 2190. The van der Waals surface area contributed by atoms with E-state index in [1.54, 1.807) is 0 Å². The number of aromatic nitrogens is 3. The van der Waals surface area contributed by atoms with Crippen LogP contribution in [0.1, 0.15) is 0 Å². The highest BCUT2D eigenvalue weighted by atomic mass is 14.9. The monoisotopic (exact) mass is 561 g/mol. The molecule has 3 nitrogen and oxygen atoms in total. The van der Waals surface area contributed by atoms with Crippen molar-refractivity contribution in [3.05, 3.63) is 164 Å². The lowest BCUT2D eigenvalue weighted by Crippen LogP contribution is -1.96. The number of hydrogen-bond donors (Lipinski definition) is 0. The first-order valence-corrected chi connectivity index (χ1v) is 14.8. The Morgan fingerprint density at radius 1 is 0.341 bits per heavy atom. The number of rotatable bonds is 5. The molecule has 8 aromatic rings. The topological polar surface area (TPSA) is 38.7 Å². The number of hydrogen-bond acceptors (Lipinski definition) is 3. The minimum Gasteiger partial charge on any atom is -0.248 e. The second-order valence-electron chi connectivity index (χ2n) is 10.9. The standard InChI is InChI=1S/C41H27N3/c1-4-13-30(14-5-1)37-26-35(40-34-19-11-10-12-28(34)24-25-36(40)42-37)29-20-22-33(23-21-29)41-43-38(31-15-6-2-7-16-31)27-39(44-41)32-17-8-3-9-18-32/h1-27H. The van der Waals surface area contributed by atoms with Crippen LogP contribution in [0.3, 0.4) is 0 Å². The predicted octanol–water partition coefficient (Wildman–Crippen LogP) is 10.5. The third-order valence-corrected chi connectivity index (χ3v) is 8.09. The molecule has 206 valence electrons. The van der Waals surface area contributed by atoms with Crippen molar-refractivity contribution in [1.29, 1.82) is 0 Å². The fourth-order valence-corrected chi connectivity index (χ4v) is 5.88. The first-order chi connectivity index (χ1) is 21.8. The predicted molar refractivity (Wildman–Crippen MR) is 182 cm³/mol. The molecule has 44 heavy (non-hydrogen) atoms. The maximum Gasteiger partial charge on any atom is 0.160 e. The van der Waals surface area contributed by atoms with Crippen molar-refractivity contribution in [1.82, 2.24) is 15.0 Å². The van der Waals surface area contributed by atoms with Crippen molar-refractivity contribution >= 4 is 21.7 Å². The molecule has 0 aliphatic heterocycles. The molecule has 0 aliphatic carbocycles. The van der Waals surface area contributed by atoms with E-state index in [-0.39, 0.29) is 0 Å². The van der Waals surface area contributed by atoms with Gasteiger partial charge in [0.1, 0.15) is 0 Å². The molecule has 0 atom stereocenters. The lowest BCUT2D eigenvalue weighted by molar-refractivity contribution is 1.18. The van der Waals surface area contributed by atoms with Crippen molar-refractivity contribution < 1.29 is 0 Å². The summed E-state index contributed by atoms with van der Waals surface area (Å²) in [5.41, 5.74) is 10.2. The van der Waals surface area contributed by atoms with Crippen LogP contribution in [0, 0.1) is 0 Å². The van der Waals surface area contributed by atoms with Gasteiger partial charge in [-0.05, 0) is 40.1 Å². The van der Waals surface area contributed by atoms with Crippen LogP contribution in [0.15, 0.2) is 164 Å². The summed E-state index contributed by atoms with van der Waals surface area (Å²) in [6.07, 6.45) is 0. The van der Waals surface area contributed by atoms with Crippen LogP contribution >= 0.6 is 0 Å². The highest BCUT2D eigenvalue weighted by Crippen LogP contribution is 2.37. The molecule has 8 rings (SSSR count). The fourth-order valence-electron chi connectivity index (χ4n) is 5.88. The van der Waals surface area contributed by atoms with E-state index < -0.39 is 0 Å². The first kappa shape index (κ1) is 25.8. The maximum atomic E-state index is 5.10. The van der Waals surface area contributed by atoms with Crippen LogP contribution in [-0.2, 0) is 0 Å². The average molecular weight is 562 g/mol. The molecule has 0 unspecified atom stereocenters. The van der Waals surface area contributed by atoms with Crippen molar-refractivity contribution in [3.63, 3.8) is 0 Å². The quantitative estimate of drug-likeness (QED) is 0.196. The molecule has 0 spiro atoms. The summed E-state index contributed by atoms with van der Waals surface area (Å²) in [4.78, 5) is 15.2. The minimum atomic E-state index is 0.701. The number of nitrogens with zero attached hydrogens (tertiary/aromatic N) is 3. The molecule has 0 saturated carbocycles. The highest BCUT2D eigenvalue weighted by molar-refractivity contribution is 6.13. The third-order valence-electron chi connectivity index (χ3n) is 8.09. The second-order valence-corrected chi connectivity index (χ2v) is 10.9. The van der Waals surface area contributed by atoms with Gasteiger partial charge in [-0.3, -0.25) is 0 Å². The van der Waals surface area contributed by atoms with Crippen LogP contribution in [0.4, 0.5) is 0 Å². The Balaban J connectivity index is 1.29. The Morgan fingerprint density at radius 3 is 1.43 bits per heavy atom. The summed E-state index contributed by atoms with van der Waals surface area (Å²) in [5.74, 6) is 0.701. The van der Waals surface area contributed by atoms with Crippen LogP contribution in [0.25, 0.3) is 78.0 Å². The molecule has 2 aromatic heterocycles. The molecule has 3 heteroatoms. The number of fused-ring (bicyclic) bond motifs is 3. The lowest BCUT2D eigenvalue weighted by atomic mass is 9.94. The summed E-state index contributed by atoms with van der Waals surface area (Å²) < 4.78 is 0. The van der Waals surface area contributed by atoms with Gasteiger partial charge in [-0.1, -0.05) is 146 Å². The molecule has 0 radical (unpaired) electrons. The van der Waals surface area contributed by atoms with E-state index in [1.165, 1.54) is 10.8 Å². The Labute approximate surface area is 256 Å². The summed E-state index contributed by atoms with van der Waals surface area (Å²) in [5, 5.41) is 3.55. The summed E-state index contributed by atoms with van der Waals surface area (Å²) in [6.45, 7) is 0. The molecular formula is C41H27N3. The van der Waals surface area contributed by atoms with Gasteiger partial charge in [-0.15, -0.1) is 0 Å². The van der Waals surface area contributed by atoms with Crippen molar-refractivity contribution in [2.45, 2.75) is 0 Å². The van der Waals surface area contributed by atoms with Gasteiger partial charge >= 0.3 is 0 Å². The first-order valence-electron chi connectivity index (χ1n) is 14.8. The molecule has 2 heterocycles. The van der Waals surface area contributed by atoms with Gasteiger partial charge in [-0.2, -0.15) is 0 Å². The average Bonchev–Trinajstić information content (AvgIpc) is 3.12. The van der Waals surface area contributed by atoms with E-state index in [0.29, 0.717) is 5.82 Å². The minimum absolute atomic E-state index is 0.701. The van der Waals surface area contributed by atoms with Gasteiger partial charge in [0, 0.05) is 27.6 Å². The van der Waals surface area contributed by atoms with Gasteiger partial charge in [0.05, 0.1) is 22.6 Å². The van der Waals surface area contributed by atoms with E-state index in [4.69, 9.17) is 15.0 Å². The SMILES string of the molecule is c1ccc(-c2cc(-c3ccccc3)nc(-c3ccc(-c4cc(-c5ccccc5)nc5ccc6ccccc6c45)cc3)n2)cc1. The molecule has 0 aliphatic rings. The van der Waals surface area contributed by atoms with Gasteiger partial charge in [0.25, 0.3) is 0 Å². The van der Waals surface area contributed by atoms with E-state index in [0.717, 1.165) is 61.4 Å². The van der Waals surface area contributed by atoms with E-state index >= 15 is 0 Å². The zero-order valence-corrected chi connectivity index (χ0v) is 23.9. The van der Waals surface area contributed by atoms with E-state index in [1.807, 2.05) is 42.5 Å². The largest absolute Gasteiger partial charge is 0.248 e. The maximum absolute atomic E-state index is 5.10. The van der Waals surface area contributed by atoms with E-state index in [9.17, 15) is 0 Å². The van der Waals surface area contributed by atoms with Gasteiger partial charge in [0.2, 0.25) is 0 Å². The molecule has 0 bridgehead atoms. The molecule has 0 amide bonds. The van der Waals surface area contributed by atoms with Crippen LogP contribution in [0.5, 0.6) is 0 Å². The van der Waals surface area contributed by atoms with Crippen molar-refractivity contribution in [3.8, 4) is 56.3 Å². The fraction of sp³-hybridized carbons (Fsp3) is 0. The second kappa shape index (κ2) is 11.0. The van der Waals surface area contributed by atoms with Crippen molar-refractivity contribution in [2.24, 2.45) is 0 Å². The zero-order chi connectivity index (χ0) is 29.3. The number of benzene rings is 6.